The molecule has 2 fully saturated rings. The number of hydrogen-bond acceptors (Lipinski definition) is 4. The minimum Gasteiger partial charge on any atom is -0.324 e. The Balaban J connectivity index is 1.70. The molecule has 7 nitrogen and oxygen atoms in total. The lowest BCUT2D eigenvalue weighted by atomic mass is 9.73. The Morgan fingerprint density at radius 1 is 1.44 bits per heavy atom. The molecule has 4 amide bonds. The summed E-state index contributed by atoms with van der Waals surface area (Å²) in [6, 6.07) is 7.94. The van der Waals surface area contributed by atoms with Gasteiger partial charge in [-0.15, -0.1) is 0 Å². The van der Waals surface area contributed by atoms with Crippen LogP contribution in [0.15, 0.2) is 24.3 Å². The van der Waals surface area contributed by atoms with Gasteiger partial charge in [0.25, 0.3) is 5.91 Å². The number of amides is 4. The Labute approximate surface area is 146 Å². The van der Waals surface area contributed by atoms with Gasteiger partial charge >= 0.3 is 6.03 Å². The fourth-order valence-electron chi connectivity index (χ4n) is 3.65. The largest absolute Gasteiger partial charge is 0.325 e. The van der Waals surface area contributed by atoms with Crippen LogP contribution in [0.2, 0.25) is 0 Å². The maximum absolute atomic E-state index is 12.8. The molecule has 0 radical (unpaired) electrons. The molecule has 1 aromatic carbocycles. The van der Waals surface area contributed by atoms with Gasteiger partial charge in [-0.05, 0) is 37.0 Å². The summed E-state index contributed by atoms with van der Waals surface area (Å²) in [6.45, 7) is 1.63. The van der Waals surface area contributed by atoms with Crippen molar-refractivity contribution in [3.8, 4) is 6.07 Å². The highest BCUT2D eigenvalue weighted by atomic mass is 16.2. The number of urea groups is 1. The Morgan fingerprint density at radius 3 is 2.96 bits per heavy atom. The van der Waals surface area contributed by atoms with Gasteiger partial charge in [-0.2, -0.15) is 5.26 Å². The minimum atomic E-state index is -0.865. The standard InChI is InChI=1S/C18H20N4O3/c1-12-5-2-3-8-18(12)16(24)22(17(25)21-18)11-15(23)20-14-7-4-6-13(9-14)10-19/h4,6-7,9,12H,2-3,5,8,11H2,1H3,(H,20,23)(H,21,25)/t12-,18+/m0/s1. The summed E-state index contributed by atoms with van der Waals surface area (Å²) in [5.41, 5.74) is 0.00991. The van der Waals surface area contributed by atoms with Gasteiger partial charge in [0.1, 0.15) is 12.1 Å². The van der Waals surface area contributed by atoms with Crippen LogP contribution in [0, 0.1) is 17.2 Å². The summed E-state index contributed by atoms with van der Waals surface area (Å²) in [5, 5.41) is 14.3. The zero-order valence-electron chi connectivity index (χ0n) is 14.0. The van der Waals surface area contributed by atoms with Gasteiger partial charge in [-0.1, -0.05) is 25.8 Å². The Morgan fingerprint density at radius 2 is 2.24 bits per heavy atom. The molecule has 1 heterocycles. The quantitative estimate of drug-likeness (QED) is 0.822. The summed E-state index contributed by atoms with van der Waals surface area (Å²) >= 11 is 0. The van der Waals surface area contributed by atoms with E-state index in [-0.39, 0.29) is 18.4 Å². The topological polar surface area (TPSA) is 102 Å². The maximum Gasteiger partial charge on any atom is 0.325 e. The van der Waals surface area contributed by atoms with Crippen LogP contribution in [0.3, 0.4) is 0 Å². The van der Waals surface area contributed by atoms with Gasteiger partial charge in [0.2, 0.25) is 5.91 Å². The van der Waals surface area contributed by atoms with E-state index in [1.807, 2.05) is 13.0 Å². The van der Waals surface area contributed by atoms with Crippen LogP contribution < -0.4 is 10.6 Å². The van der Waals surface area contributed by atoms with E-state index in [0.29, 0.717) is 17.7 Å². The van der Waals surface area contributed by atoms with Crippen molar-refractivity contribution in [3.05, 3.63) is 29.8 Å². The van der Waals surface area contributed by atoms with Crippen molar-refractivity contribution >= 4 is 23.5 Å². The van der Waals surface area contributed by atoms with Gasteiger partial charge in [-0.3, -0.25) is 14.5 Å². The SMILES string of the molecule is C[C@H]1CCCC[C@@]12NC(=O)N(CC(=O)Nc1cccc(C#N)c1)C2=O. The predicted molar refractivity (Wildman–Crippen MR) is 90.4 cm³/mol. The Hall–Kier alpha value is -2.88. The van der Waals surface area contributed by atoms with Crippen molar-refractivity contribution in [2.45, 2.75) is 38.1 Å². The molecule has 1 spiro atoms. The lowest BCUT2D eigenvalue weighted by Gasteiger charge is -2.36. The Bertz CT molecular complexity index is 770. The van der Waals surface area contributed by atoms with Crippen molar-refractivity contribution in [3.63, 3.8) is 0 Å². The molecule has 0 bridgehead atoms. The third kappa shape index (κ3) is 3.07. The average molecular weight is 340 g/mol. The van der Waals surface area contributed by atoms with Crippen LogP contribution >= 0.6 is 0 Å². The van der Waals surface area contributed by atoms with E-state index in [1.165, 1.54) is 6.07 Å². The van der Waals surface area contributed by atoms with Crippen LogP contribution in [0.4, 0.5) is 10.5 Å². The van der Waals surface area contributed by atoms with Gasteiger partial charge in [0, 0.05) is 5.69 Å². The molecule has 0 aromatic heterocycles. The number of imide groups is 1. The molecule has 2 aliphatic rings. The van der Waals surface area contributed by atoms with Crippen LogP contribution in [0.5, 0.6) is 0 Å². The first-order chi connectivity index (χ1) is 12.0. The number of benzene rings is 1. The molecular formula is C18H20N4O3. The van der Waals surface area contributed by atoms with E-state index in [4.69, 9.17) is 5.26 Å². The van der Waals surface area contributed by atoms with Crippen molar-refractivity contribution in [2.24, 2.45) is 5.92 Å². The molecule has 2 N–H and O–H groups in total. The second kappa shape index (κ2) is 6.55. The number of carbonyl (C=O) groups excluding carboxylic acids is 3. The normalized spacial score (nSPS) is 25.6. The smallest absolute Gasteiger partial charge is 0.324 e. The monoisotopic (exact) mass is 340 g/mol. The van der Waals surface area contributed by atoms with Crippen LogP contribution in [-0.4, -0.2) is 34.8 Å². The lowest BCUT2D eigenvalue weighted by Crippen LogP contribution is -2.54. The molecule has 1 saturated heterocycles. The first kappa shape index (κ1) is 17.0. The second-order valence-corrected chi connectivity index (χ2v) is 6.68. The number of nitriles is 1. The van der Waals surface area contributed by atoms with E-state index < -0.39 is 17.5 Å². The third-order valence-corrected chi connectivity index (χ3v) is 5.08. The molecule has 1 aliphatic heterocycles. The molecule has 1 aliphatic carbocycles. The Kier molecular flexibility index (Phi) is 4.45. The van der Waals surface area contributed by atoms with Crippen molar-refractivity contribution < 1.29 is 14.4 Å². The number of hydrogen-bond donors (Lipinski definition) is 2. The van der Waals surface area contributed by atoms with Crippen molar-refractivity contribution in [2.75, 3.05) is 11.9 Å². The summed E-state index contributed by atoms with van der Waals surface area (Å²) in [5.74, 6) is -0.734. The zero-order valence-corrected chi connectivity index (χ0v) is 14.0. The summed E-state index contributed by atoms with van der Waals surface area (Å²) < 4.78 is 0. The number of nitrogens with one attached hydrogen (secondary N) is 2. The number of nitrogens with zero attached hydrogens (tertiary/aromatic N) is 2. The fourth-order valence-corrected chi connectivity index (χ4v) is 3.65. The van der Waals surface area contributed by atoms with Crippen LogP contribution in [-0.2, 0) is 9.59 Å². The fraction of sp³-hybridized carbons (Fsp3) is 0.444. The number of anilines is 1. The average Bonchev–Trinajstić information content (AvgIpc) is 2.83. The highest BCUT2D eigenvalue weighted by Gasteiger charge is 2.55. The van der Waals surface area contributed by atoms with E-state index in [2.05, 4.69) is 10.6 Å². The van der Waals surface area contributed by atoms with Gasteiger partial charge in [0.15, 0.2) is 0 Å². The maximum atomic E-state index is 12.8. The van der Waals surface area contributed by atoms with Crippen molar-refractivity contribution in [1.82, 2.24) is 10.2 Å². The highest BCUT2D eigenvalue weighted by molar-refractivity contribution is 6.10. The number of carbonyl (C=O) groups is 3. The molecular weight excluding hydrogens is 320 g/mol. The summed E-state index contributed by atoms with van der Waals surface area (Å²) in [4.78, 5) is 38.3. The molecule has 7 heteroatoms. The molecule has 3 rings (SSSR count). The molecule has 0 unspecified atom stereocenters. The minimum absolute atomic E-state index is 0.0538. The van der Waals surface area contributed by atoms with Crippen LogP contribution in [0.25, 0.3) is 0 Å². The summed E-state index contributed by atoms with van der Waals surface area (Å²) in [7, 11) is 0. The van der Waals surface area contributed by atoms with Crippen LogP contribution in [0.1, 0.15) is 38.2 Å². The van der Waals surface area contributed by atoms with Gasteiger partial charge in [0.05, 0.1) is 11.6 Å². The number of rotatable bonds is 3. The van der Waals surface area contributed by atoms with E-state index in [9.17, 15) is 14.4 Å². The third-order valence-electron chi connectivity index (χ3n) is 5.08. The molecule has 25 heavy (non-hydrogen) atoms. The molecule has 1 aromatic rings. The first-order valence-corrected chi connectivity index (χ1v) is 8.40. The second-order valence-electron chi connectivity index (χ2n) is 6.68. The molecule has 1 saturated carbocycles. The van der Waals surface area contributed by atoms with Gasteiger partial charge < -0.3 is 10.6 Å². The molecule has 2 atom stereocenters. The van der Waals surface area contributed by atoms with E-state index in [1.54, 1.807) is 18.2 Å². The van der Waals surface area contributed by atoms with Crippen molar-refractivity contribution in [1.29, 1.82) is 5.26 Å². The first-order valence-electron chi connectivity index (χ1n) is 8.40. The zero-order chi connectivity index (χ0) is 18.0. The molecule has 130 valence electrons. The lowest BCUT2D eigenvalue weighted by molar-refractivity contribution is -0.136. The predicted octanol–water partition coefficient (Wildman–Crippen LogP) is 2.00. The van der Waals surface area contributed by atoms with Gasteiger partial charge in [-0.25, -0.2) is 4.79 Å². The van der Waals surface area contributed by atoms with E-state index >= 15 is 0 Å². The summed E-state index contributed by atoms with van der Waals surface area (Å²) in [6.07, 6.45) is 3.42. The van der Waals surface area contributed by atoms with E-state index in [0.717, 1.165) is 24.2 Å². The highest BCUT2D eigenvalue weighted by Crippen LogP contribution is 2.38.